The number of hydrogen-bond acceptors (Lipinski definition) is 4. The highest BCUT2D eigenvalue weighted by atomic mass is 16.5. The topological polar surface area (TPSA) is 56.3 Å². The van der Waals surface area contributed by atoms with Crippen LogP contribution in [-0.4, -0.2) is 47.3 Å². The van der Waals surface area contributed by atoms with Gasteiger partial charge in [0.05, 0.1) is 18.7 Å². The maximum Gasteiger partial charge on any atom is 0.122 e. The minimum atomic E-state index is -0.152. The fourth-order valence-electron chi connectivity index (χ4n) is 1.59. The summed E-state index contributed by atoms with van der Waals surface area (Å²) in [4.78, 5) is 6.48. The Morgan fingerprint density at radius 2 is 2.31 bits per heavy atom. The van der Waals surface area contributed by atoms with E-state index in [1.165, 1.54) is 0 Å². The Kier molecular flexibility index (Phi) is 4.46. The van der Waals surface area contributed by atoms with Crippen LogP contribution in [0, 0.1) is 0 Å². The van der Waals surface area contributed by atoms with Crippen LogP contribution in [0.2, 0.25) is 0 Å². The highest BCUT2D eigenvalue weighted by Gasteiger charge is 2.28. The van der Waals surface area contributed by atoms with Gasteiger partial charge in [0.2, 0.25) is 0 Å². The standard InChI is InChI=1S/C11H22N4O/c1-11(8-12,9-16-4)15(3)7-10-13-5-6-14(10)2/h5-6H,7-9,12H2,1-4H3. The minimum Gasteiger partial charge on any atom is -0.383 e. The van der Waals surface area contributed by atoms with Gasteiger partial charge in [-0.15, -0.1) is 0 Å². The molecule has 5 heteroatoms. The molecule has 0 aliphatic rings. The summed E-state index contributed by atoms with van der Waals surface area (Å²) in [5.41, 5.74) is 5.66. The molecule has 1 rings (SSSR count). The van der Waals surface area contributed by atoms with Crippen molar-refractivity contribution in [3.05, 3.63) is 18.2 Å². The second kappa shape index (κ2) is 5.43. The first-order valence-corrected chi connectivity index (χ1v) is 5.40. The highest BCUT2D eigenvalue weighted by Crippen LogP contribution is 2.14. The molecule has 0 aromatic carbocycles. The molecule has 0 amide bonds. The number of ether oxygens (including phenoxy) is 1. The van der Waals surface area contributed by atoms with Crippen LogP contribution in [0.15, 0.2) is 12.4 Å². The van der Waals surface area contributed by atoms with E-state index in [-0.39, 0.29) is 5.54 Å². The van der Waals surface area contributed by atoms with Crippen LogP contribution in [0.4, 0.5) is 0 Å². The van der Waals surface area contributed by atoms with Gasteiger partial charge in [-0.1, -0.05) is 0 Å². The molecule has 0 radical (unpaired) electrons. The lowest BCUT2D eigenvalue weighted by Crippen LogP contribution is -2.52. The molecule has 5 nitrogen and oxygen atoms in total. The van der Waals surface area contributed by atoms with Crippen LogP contribution in [0.5, 0.6) is 0 Å². The summed E-state index contributed by atoms with van der Waals surface area (Å²) in [5, 5.41) is 0. The number of nitrogens with two attached hydrogens (primary N) is 1. The average molecular weight is 226 g/mol. The van der Waals surface area contributed by atoms with Crippen molar-refractivity contribution in [3.63, 3.8) is 0 Å². The lowest BCUT2D eigenvalue weighted by Gasteiger charge is -2.37. The maximum atomic E-state index is 5.81. The number of methoxy groups -OCH3 is 1. The molecule has 0 aliphatic heterocycles. The van der Waals surface area contributed by atoms with E-state index in [0.717, 1.165) is 12.4 Å². The molecule has 1 aromatic rings. The Bertz CT molecular complexity index is 326. The van der Waals surface area contributed by atoms with E-state index < -0.39 is 0 Å². The molecule has 0 aliphatic carbocycles. The first-order chi connectivity index (χ1) is 7.53. The largest absolute Gasteiger partial charge is 0.383 e. The number of hydrogen-bond donors (Lipinski definition) is 1. The lowest BCUT2D eigenvalue weighted by molar-refractivity contribution is 0.0372. The molecule has 16 heavy (non-hydrogen) atoms. The van der Waals surface area contributed by atoms with Gasteiger partial charge in [-0.3, -0.25) is 4.90 Å². The van der Waals surface area contributed by atoms with E-state index in [4.69, 9.17) is 10.5 Å². The van der Waals surface area contributed by atoms with Crippen molar-refractivity contribution in [2.45, 2.75) is 19.0 Å². The molecular formula is C11H22N4O. The van der Waals surface area contributed by atoms with E-state index in [9.17, 15) is 0 Å². The Labute approximate surface area is 97.2 Å². The molecule has 1 heterocycles. The molecule has 1 aromatic heterocycles. The molecule has 0 saturated heterocycles. The summed E-state index contributed by atoms with van der Waals surface area (Å²) in [5.74, 6) is 1.03. The molecule has 1 atom stereocenters. The number of likely N-dealkylation sites (N-methyl/N-ethyl adjacent to an activating group) is 1. The number of imidazole rings is 1. The summed E-state index contributed by atoms with van der Waals surface area (Å²) >= 11 is 0. The van der Waals surface area contributed by atoms with Crippen molar-refractivity contribution in [3.8, 4) is 0 Å². The van der Waals surface area contributed by atoms with Crippen LogP contribution in [0.1, 0.15) is 12.7 Å². The number of aromatic nitrogens is 2. The summed E-state index contributed by atoms with van der Waals surface area (Å²) in [6.45, 7) is 4.03. The van der Waals surface area contributed by atoms with Gasteiger partial charge >= 0.3 is 0 Å². The van der Waals surface area contributed by atoms with Crippen LogP contribution >= 0.6 is 0 Å². The van der Waals surface area contributed by atoms with Crippen molar-refractivity contribution in [2.75, 3.05) is 27.3 Å². The van der Waals surface area contributed by atoms with Gasteiger partial charge < -0.3 is 15.0 Å². The van der Waals surface area contributed by atoms with Crippen molar-refractivity contribution >= 4 is 0 Å². The second-order valence-corrected chi connectivity index (χ2v) is 4.44. The molecule has 2 N–H and O–H groups in total. The molecule has 0 fully saturated rings. The molecule has 0 saturated carbocycles. The number of aryl methyl sites for hydroxylation is 1. The van der Waals surface area contributed by atoms with Gasteiger partial charge in [0.1, 0.15) is 5.82 Å². The maximum absolute atomic E-state index is 5.81. The molecule has 1 unspecified atom stereocenters. The van der Waals surface area contributed by atoms with Crippen molar-refractivity contribution in [2.24, 2.45) is 12.8 Å². The molecule has 92 valence electrons. The fraction of sp³-hybridized carbons (Fsp3) is 0.727. The highest BCUT2D eigenvalue weighted by molar-refractivity contribution is 4.94. The SMILES string of the molecule is COCC(C)(CN)N(C)Cc1nccn1C. The first-order valence-electron chi connectivity index (χ1n) is 5.40. The monoisotopic (exact) mass is 226 g/mol. The van der Waals surface area contributed by atoms with Crippen molar-refractivity contribution in [1.82, 2.24) is 14.5 Å². The van der Waals surface area contributed by atoms with Crippen LogP contribution < -0.4 is 5.73 Å². The zero-order chi connectivity index (χ0) is 12.2. The third-order valence-corrected chi connectivity index (χ3v) is 3.12. The lowest BCUT2D eigenvalue weighted by atomic mass is 10.0. The minimum absolute atomic E-state index is 0.152. The van der Waals surface area contributed by atoms with Crippen molar-refractivity contribution in [1.29, 1.82) is 0 Å². The Balaban J connectivity index is 2.69. The smallest absolute Gasteiger partial charge is 0.122 e. The Hall–Kier alpha value is -0.910. The Morgan fingerprint density at radius 3 is 2.75 bits per heavy atom. The van der Waals surface area contributed by atoms with Crippen LogP contribution in [0.25, 0.3) is 0 Å². The van der Waals surface area contributed by atoms with Gasteiger partial charge in [-0.2, -0.15) is 0 Å². The average Bonchev–Trinajstić information content (AvgIpc) is 2.64. The summed E-state index contributed by atoms with van der Waals surface area (Å²) in [6.07, 6.45) is 3.75. The van der Waals surface area contributed by atoms with Crippen molar-refractivity contribution < 1.29 is 4.74 Å². The van der Waals surface area contributed by atoms with Gasteiger partial charge in [-0.05, 0) is 14.0 Å². The predicted molar refractivity (Wildman–Crippen MR) is 64.0 cm³/mol. The van der Waals surface area contributed by atoms with Crippen LogP contribution in [0.3, 0.4) is 0 Å². The summed E-state index contributed by atoms with van der Waals surface area (Å²) in [7, 11) is 5.73. The van der Waals surface area contributed by atoms with E-state index in [2.05, 4.69) is 16.8 Å². The fourth-order valence-corrected chi connectivity index (χ4v) is 1.59. The predicted octanol–water partition coefficient (Wildman–Crippen LogP) is 0.216. The third-order valence-electron chi connectivity index (χ3n) is 3.12. The second-order valence-electron chi connectivity index (χ2n) is 4.44. The van der Waals surface area contributed by atoms with E-state index in [0.29, 0.717) is 13.2 Å². The van der Waals surface area contributed by atoms with Gasteiger partial charge in [0.15, 0.2) is 0 Å². The van der Waals surface area contributed by atoms with Gasteiger partial charge in [0, 0.05) is 33.1 Å². The third kappa shape index (κ3) is 2.81. The van der Waals surface area contributed by atoms with Crippen LogP contribution in [-0.2, 0) is 18.3 Å². The zero-order valence-electron chi connectivity index (χ0n) is 10.6. The molecule has 0 spiro atoms. The Morgan fingerprint density at radius 1 is 1.62 bits per heavy atom. The number of nitrogens with zero attached hydrogens (tertiary/aromatic N) is 3. The summed E-state index contributed by atoms with van der Waals surface area (Å²) in [6, 6.07) is 0. The number of rotatable bonds is 6. The van der Waals surface area contributed by atoms with Gasteiger partial charge in [-0.25, -0.2) is 4.98 Å². The summed E-state index contributed by atoms with van der Waals surface area (Å²) < 4.78 is 7.23. The zero-order valence-corrected chi connectivity index (χ0v) is 10.6. The van der Waals surface area contributed by atoms with Gasteiger partial charge in [0.25, 0.3) is 0 Å². The van der Waals surface area contributed by atoms with E-state index >= 15 is 0 Å². The van der Waals surface area contributed by atoms with E-state index in [1.54, 1.807) is 13.3 Å². The molecular weight excluding hydrogens is 204 g/mol. The van der Waals surface area contributed by atoms with E-state index in [1.807, 2.05) is 24.9 Å². The quantitative estimate of drug-likeness (QED) is 0.753. The molecule has 0 bridgehead atoms. The first kappa shape index (κ1) is 13.2. The normalized spacial score (nSPS) is 15.4.